The molecule has 1 aromatic heterocycles. The summed E-state index contributed by atoms with van der Waals surface area (Å²) in [5.74, 6) is -1.30. The number of rotatable bonds is 9. The molecule has 0 aliphatic rings. The molecule has 0 fully saturated rings. The highest BCUT2D eigenvalue weighted by molar-refractivity contribution is 7.91. The third kappa shape index (κ3) is 6.52. The second kappa shape index (κ2) is 10.0. The van der Waals surface area contributed by atoms with E-state index in [1.54, 1.807) is 24.3 Å². The van der Waals surface area contributed by atoms with Crippen LogP contribution in [0.4, 0.5) is 0 Å². The minimum atomic E-state index is -3.59. The topological polar surface area (TPSA) is 105 Å². The molecule has 1 heterocycles. The first-order valence-corrected chi connectivity index (χ1v) is 11.8. The zero-order valence-electron chi connectivity index (χ0n) is 17.3. The first kappa shape index (κ1) is 22.2. The van der Waals surface area contributed by atoms with Crippen molar-refractivity contribution in [3.63, 3.8) is 0 Å². The number of nitrogens with one attached hydrogen (secondary N) is 1. The lowest BCUT2D eigenvalue weighted by atomic mass is 10.1. The predicted octanol–water partition coefficient (Wildman–Crippen LogP) is 2.72. The highest BCUT2D eigenvalue weighted by Gasteiger charge is 2.17. The van der Waals surface area contributed by atoms with Crippen LogP contribution in [0.1, 0.15) is 28.8 Å². The van der Waals surface area contributed by atoms with Gasteiger partial charge in [-0.2, -0.15) is 10.4 Å². The molecule has 0 saturated carbocycles. The Hall–Kier alpha value is -3.44. The molecule has 1 N–H and O–H groups in total. The Kier molecular flexibility index (Phi) is 7.21. The summed E-state index contributed by atoms with van der Waals surface area (Å²) in [6, 6.07) is 18.1. The molecular formula is C23H24N4O3S. The van der Waals surface area contributed by atoms with Gasteiger partial charge < -0.3 is 5.32 Å². The minimum absolute atomic E-state index is 0.232. The van der Waals surface area contributed by atoms with Crippen LogP contribution in [0.2, 0.25) is 0 Å². The van der Waals surface area contributed by atoms with Crippen LogP contribution < -0.4 is 5.32 Å². The lowest BCUT2D eigenvalue weighted by molar-refractivity contribution is -0.118. The van der Waals surface area contributed by atoms with Crippen molar-refractivity contribution in [2.75, 3.05) is 12.3 Å². The highest BCUT2D eigenvalue weighted by Crippen LogP contribution is 2.13. The summed E-state index contributed by atoms with van der Waals surface area (Å²) in [5, 5.41) is 16.0. The molecule has 8 heteroatoms. The van der Waals surface area contributed by atoms with Crippen LogP contribution in [0.3, 0.4) is 0 Å². The van der Waals surface area contributed by atoms with E-state index in [2.05, 4.69) is 10.4 Å². The van der Waals surface area contributed by atoms with E-state index < -0.39 is 21.5 Å². The molecule has 3 aromatic rings. The fraction of sp³-hybridized carbons (Fsp3) is 0.261. The Morgan fingerprint density at radius 1 is 1.13 bits per heavy atom. The molecular weight excluding hydrogens is 412 g/mol. The van der Waals surface area contributed by atoms with Gasteiger partial charge in [0.25, 0.3) is 0 Å². The van der Waals surface area contributed by atoms with Crippen molar-refractivity contribution in [2.45, 2.75) is 25.5 Å². The van der Waals surface area contributed by atoms with Gasteiger partial charge >= 0.3 is 0 Å². The molecule has 1 amide bonds. The van der Waals surface area contributed by atoms with Crippen molar-refractivity contribution in [3.05, 3.63) is 83.2 Å². The van der Waals surface area contributed by atoms with Crippen LogP contribution in [0.25, 0.3) is 5.69 Å². The van der Waals surface area contributed by atoms with Crippen molar-refractivity contribution in [1.29, 1.82) is 5.26 Å². The number of nitriles is 1. The zero-order valence-corrected chi connectivity index (χ0v) is 18.1. The Bertz CT molecular complexity index is 1180. The maximum absolute atomic E-state index is 12.3. The van der Waals surface area contributed by atoms with Crippen LogP contribution in [-0.4, -0.2) is 36.4 Å². The van der Waals surface area contributed by atoms with Crippen molar-refractivity contribution in [2.24, 2.45) is 0 Å². The summed E-state index contributed by atoms with van der Waals surface area (Å²) in [4.78, 5) is 12.1. The van der Waals surface area contributed by atoms with Crippen molar-refractivity contribution >= 4 is 15.7 Å². The molecule has 31 heavy (non-hydrogen) atoms. The first-order valence-electron chi connectivity index (χ1n) is 9.93. The van der Waals surface area contributed by atoms with Crippen molar-refractivity contribution < 1.29 is 13.2 Å². The summed E-state index contributed by atoms with van der Waals surface area (Å²) < 4.78 is 26.4. The van der Waals surface area contributed by atoms with E-state index in [-0.39, 0.29) is 5.75 Å². The third-order valence-corrected chi connectivity index (χ3v) is 6.26. The molecule has 160 valence electrons. The number of hydrogen-bond donors (Lipinski definition) is 1. The summed E-state index contributed by atoms with van der Waals surface area (Å²) in [6.07, 6.45) is 3.40. The minimum Gasteiger partial charge on any atom is -0.355 e. The van der Waals surface area contributed by atoms with E-state index in [1.807, 2.05) is 54.2 Å². The number of aromatic nitrogens is 2. The third-order valence-electron chi connectivity index (χ3n) is 4.79. The second-order valence-corrected chi connectivity index (χ2v) is 9.38. The molecule has 7 nitrogen and oxygen atoms in total. The smallest absolute Gasteiger partial charge is 0.235 e. The average Bonchev–Trinajstić information content (AvgIpc) is 3.12. The lowest BCUT2D eigenvalue weighted by Crippen LogP contribution is -2.31. The van der Waals surface area contributed by atoms with Gasteiger partial charge in [0.2, 0.25) is 5.91 Å². The van der Waals surface area contributed by atoms with E-state index in [0.717, 1.165) is 23.4 Å². The molecule has 0 unspecified atom stereocenters. The van der Waals surface area contributed by atoms with Crippen LogP contribution in [-0.2, 0) is 26.8 Å². The molecule has 2 aromatic carbocycles. The van der Waals surface area contributed by atoms with Gasteiger partial charge in [0.15, 0.2) is 9.84 Å². The Labute approximate surface area is 182 Å². The van der Waals surface area contributed by atoms with Crippen LogP contribution >= 0.6 is 0 Å². The van der Waals surface area contributed by atoms with Gasteiger partial charge in [0, 0.05) is 12.7 Å². The summed E-state index contributed by atoms with van der Waals surface area (Å²) in [5.41, 5.74) is 4.02. The first-order chi connectivity index (χ1) is 14.9. The number of para-hydroxylation sites is 1. The molecule has 0 atom stereocenters. The fourth-order valence-electron chi connectivity index (χ4n) is 3.19. The number of nitrogens with zero attached hydrogens (tertiary/aromatic N) is 3. The van der Waals surface area contributed by atoms with Gasteiger partial charge in [0.05, 0.1) is 28.8 Å². The second-order valence-electron chi connectivity index (χ2n) is 7.31. The monoisotopic (exact) mass is 436 g/mol. The normalized spacial score (nSPS) is 11.1. The van der Waals surface area contributed by atoms with Gasteiger partial charge in [-0.05, 0) is 55.2 Å². The lowest BCUT2D eigenvalue weighted by Gasteiger charge is -2.07. The van der Waals surface area contributed by atoms with Gasteiger partial charge in [0.1, 0.15) is 5.75 Å². The van der Waals surface area contributed by atoms with Crippen LogP contribution in [0.5, 0.6) is 0 Å². The number of benzene rings is 2. The number of hydrogen-bond acceptors (Lipinski definition) is 5. The maximum Gasteiger partial charge on any atom is 0.235 e. The summed E-state index contributed by atoms with van der Waals surface area (Å²) in [6.45, 7) is 2.34. The van der Waals surface area contributed by atoms with Gasteiger partial charge in [-0.25, -0.2) is 13.1 Å². The van der Waals surface area contributed by atoms with Crippen LogP contribution in [0.15, 0.2) is 60.8 Å². The van der Waals surface area contributed by atoms with Gasteiger partial charge in [-0.3, -0.25) is 4.79 Å². The maximum atomic E-state index is 12.3. The molecule has 0 radical (unpaired) electrons. The number of sulfone groups is 1. The number of aryl methyl sites for hydroxylation is 2. The van der Waals surface area contributed by atoms with E-state index in [4.69, 9.17) is 5.26 Å². The SMILES string of the molecule is Cc1nn(-c2ccccc2)cc1CCCNC(=O)CS(=O)(=O)Cc1ccc(C#N)cc1. The molecule has 0 bridgehead atoms. The average molecular weight is 437 g/mol. The molecule has 0 aliphatic carbocycles. The molecule has 0 saturated heterocycles. The molecule has 0 spiro atoms. The van der Waals surface area contributed by atoms with Crippen molar-refractivity contribution in [1.82, 2.24) is 15.1 Å². The number of amides is 1. The van der Waals surface area contributed by atoms with E-state index >= 15 is 0 Å². The largest absolute Gasteiger partial charge is 0.355 e. The predicted molar refractivity (Wildman–Crippen MR) is 118 cm³/mol. The van der Waals surface area contributed by atoms with Crippen molar-refractivity contribution in [3.8, 4) is 11.8 Å². The molecule has 0 aliphatic heterocycles. The van der Waals surface area contributed by atoms with Gasteiger partial charge in [-0.15, -0.1) is 0 Å². The highest BCUT2D eigenvalue weighted by atomic mass is 32.2. The number of carbonyl (C=O) groups excluding carboxylic acids is 1. The standard InChI is InChI=1S/C23H24N4O3S/c1-18-21(15-27(26-18)22-7-3-2-4-8-22)6-5-13-25-23(28)17-31(29,30)16-20-11-9-19(14-24)10-12-20/h2-4,7-12,15H,5-6,13,16-17H2,1H3,(H,25,28). The fourth-order valence-corrected chi connectivity index (χ4v) is 4.50. The Morgan fingerprint density at radius 3 is 2.52 bits per heavy atom. The summed E-state index contributed by atoms with van der Waals surface area (Å²) >= 11 is 0. The summed E-state index contributed by atoms with van der Waals surface area (Å²) in [7, 11) is -3.59. The quantitative estimate of drug-likeness (QED) is 0.519. The van der Waals surface area contributed by atoms with Crippen LogP contribution in [0, 0.1) is 18.3 Å². The van der Waals surface area contributed by atoms with Gasteiger partial charge in [-0.1, -0.05) is 30.3 Å². The Balaban J connectivity index is 1.45. The number of carbonyl (C=O) groups is 1. The Morgan fingerprint density at radius 2 is 1.84 bits per heavy atom. The van der Waals surface area contributed by atoms with E-state index in [1.165, 1.54) is 0 Å². The zero-order chi connectivity index (χ0) is 22.3. The van der Waals surface area contributed by atoms with E-state index in [0.29, 0.717) is 24.1 Å². The molecule has 3 rings (SSSR count). The van der Waals surface area contributed by atoms with E-state index in [9.17, 15) is 13.2 Å².